The second-order valence-electron chi connectivity index (χ2n) is 5.68. The molecular formula is C12H24N2O2S. The molecule has 0 aromatic carbocycles. The van der Waals surface area contributed by atoms with Gasteiger partial charge in [-0.1, -0.05) is 32.1 Å². The van der Waals surface area contributed by atoms with Crippen LogP contribution in [0.5, 0.6) is 0 Å². The van der Waals surface area contributed by atoms with Gasteiger partial charge in [-0.05, 0) is 24.7 Å². The molecule has 2 atom stereocenters. The zero-order chi connectivity index (χ0) is 12.3. The van der Waals surface area contributed by atoms with Crippen molar-refractivity contribution in [3.63, 3.8) is 0 Å². The summed E-state index contributed by atoms with van der Waals surface area (Å²) in [4.78, 5) is 0. The Kier molecular flexibility index (Phi) is 4.44. The summed E-state index contributed by atoms with van der Waals surface area (Å²) in [5, 5.41) is 0. The van der Waals surface area contributed by atoms with Crippen molar-refractivity contribution in [1.82, 2.24) is 5.43 Å². The highest BCUT2D eigenvalue weighted by Crippen LogP contribution is 2.31. The predicted molar refractivity (Wildman–Crippen MR) is 69.1 cm³/mol. The summed E-state index contributed by atoms with van der Waals surface area (Å²) < 4.78 is 23.0. The first-order chi connectivity index (χ1) is 8.11. The van der Waals surface area contributed by atoms with Gasteiger partial charge in [-0.2, -0.15) is 0 Å². The average Bonchev–Trinajstić information content (AvgIpc) is 2.68. The van der Waals surface area contributed by atoms with Gasteiger partial charge in [0.2, 0.25) is 0 Å². The monoisotopic (exact) mass is 260 g/mol. The first-order valence-electron chi connectivity index (χ1n) is 6.77. The third-order valence-electron chi connectivity index (χ3n) is 4.36. The number of rotatable bonds is 4. The Balaban J connectivity index is 1.88. The van der Waals surface area contributed by atoms with Crippen LogP contribution in [0, 0.1) is 11.8 Å². The molecule has 0 aromatic heterocycles. The predicted octanol–water partition coefficient (Wildman–Crippen LogP) is 1.22. The topological polar surface area (TPSA) is 72.2 Å². The van der Waals surface area contributed by atoms with Gasteiger partial charge < -0.3 is 0 Å². The van der Waals surface area contributed by atoms with Gasteiger partial charge >= 0.3 is 0 Å². The van der Waals surface area contributed by atoms with E-state index >= 15 is 0 Å². The number of hydrogen-bond acceptors (Lipinski definition) is 4. The first-order valence-corrected chi connectivity index (χ1v) is 8.59. The molecule has 0 bridgehead atoms. The van der Waals surface area contributed by atoms with Gasteiger partial charge in [0, 0.05) is 6.04 Å². The lowest BCUT2D eigenvalue weighted by Gasteiger charge is -2.29. The number of nitrogens with one attached hydrogen (secondary N) is 1. The van der Waals surface area contributed by atoms with E-state index in [1.807, 2.05) is 0 Å². The van der Waals surface area contributed by atoms with Crippen molar-refractivity contribution in [2.24, 2.45) is 17.7 Å². The fourth-order valence-electron chi connectivity index (χ4n) is 3.32. The van der Waals surface area contributed by atoms with Crippen molar-refractivity contribution < 1.29 is 8.42 Å². The van der Waals surface area contributed by atoms with Crippen molar-refractivity contribution in [3.8, 4) is 0 Å². The minimum absolute atomic E-state index is 0.190. The minimum Gasteiger partial charge on any atom is -0.271 e. The van der Waals surface area contributed by atoms with E-state index in [0.29, 0.717) is 11.5 Å². The number of sulfone groups is 1. The third-order valence-corrected chi connectivity index (χ3v) is 6.16. The Morgan fingerprint density at radius 1 is 1.18 bits per heavy atom. The molecule has 0 amide bonds. The average molecular weight is 260 g/mol. The molecule has 3 N–H and O–H groups in total. The maximum atomic E-state index is 11.5. The van der Waals surface area contributed by atoms with E-state index in [9.17, 15) is 8.42 Å². The lowest BCUT2D eigenvalue weighted by atomic mass is 9.82. The summed E-state index contributed by atoms with van der Waals surface area (Å²) in [5.74, 6) is 7.26. The molecule has 2 fully saturated rings. The maximum absolute atomic E-state index is 11.5. The molecule has 1 aliphatic heterocycles. The SMILES string of the molecule is NNC(CC1CCCCC1)C1CCS(=O)(=O)C1. The fraction of sp³-hybridized carbons (Fsp3) is 1.00. The lowest BCUT2D eigenvalue weighted by molar-refractivity contribution is 0.261. The summed E-state index contributed by atoms with van der Waals surface area (Å²) in [7, 11) is -2.79. The van der Waals surface area contributed by atoms with Crippen molar-refractivity contribution in [1.29, 1.82) is 0 Å². The maximum Gasteiger partial charge on any atom is 0.150 e. The second kappa shape index (κ2) is 5.67. The molecule has 1 saturated heterocycles. The molecule has 5 heteroatoms. The summed E-state index contributed by atoms with van der Waals surface area (Å²) >= 11 is 0. The molecule has 2 unspecified atom stereocenters. The Morgan fingerprint density at radius 2 is 1.88 bits per heavy atom. The van der Waals surface area contributed by atoms with Gasteiger partial charge in [-0.15, -0.1) is 0 Å². The van der Waals surface area contributed by atoms with Crippen LogP contribution in [-0.4, -0.2) is 26.0 Å². The highest BCUT2D eigenvalue weighted by Gasteiger charge is 2.34. The van der Waals surface area contributed by atoms with Crippen LogP contribution in [0.4, 0.5) is 0 Å². The van der Waals surface area contributed by atoms with E-state index < -0.39 is 9.84 Å². The van der Waals surface area contributed by atoms with Crippen LogP contribution in [0.25, 0.3) is 0 Å². The molecule has 1 saturated carbocycles. The van der Waals surface area contributed by atoms with Crippen molar-refractivity contribution in [2.45, 2.75) is 51.0 Å². The molecule has 2 rings (SSSR count). The smallest absolute Gasteiger partial charge is 0.150 e. The zero-order valence-electron chi connectivity index (χ0n) is 10.4. The van der Waals surface area contributed by atoms with Gasteiger partial charge in [-0.3, -0.25) is 11.3 Å². The second-order valence-corrected chi connectivity index (χ2v) is 7.90. The molecule has 2 aliphatic rings. The van der Waals surface area contributed by atoms with Gasteiger partial charge in [-0.25, -0.2) is 8.42 Å². The van der Waals surface area contributed by atoms with Gasteiger partial charge in [0.1, 0.15) is 0 Å². The number of hydrogen-bond donors (Lipinski definition) is 2. The zero-order valence-corrected chi connectivity index (χ0v) is 11.2. The van der Waals surface area contributed by atoms with Crippen LogP contribution < -0.4 is 11.3 Å². The quantitative estimate of drug-likeness (QED) is 0.589. The van der Waals surface area contributed by atoms with Crippen molar-refractivity contribution in [2.75, 3.05) is 11.5 Å². The highest BCUT2D eigenvalue weighted by atomic mass is 32.2. The van der Waals surface area contributed by atoms with Crippen LogP contribution >= 0.6 is 0 Å². The Hall–Kier alpha value is -0.130. The molecule has 1 aliphatic carbocycles. The normalized spacial score (nSPS) is 31.5. The van der Waals surface area contributed by atoms with Crippen LogP contribution in [-0.2, 0) is 9.84 Å². The van der Waals surface area contributed by atoms with Crippen LogP contribution in [0.1, 0.15) is 44.9 Å². The minimum atomic E-state index is -2.79. The van der Waals surface area contributed by atoms with E-state index in [-0.39, 0.29) is 12.0 Å². The molecule has 1 heterocycles. The summed E-state index contributed by atoms with van der Waals surface area (Å²) in [6.45, 7) is 0. The van der Waals surface area contributed by atoms with Crippen molar-refractivity contribution >= 4 is 9.84 Å². The Labute approximate surface area is 104 Å². The number of hydrazine groups is 1. The molecular weight excluding hydrogens is 236 g/mol. The van der Waals surface area contributed by atoms with E-state index in [1.165, 1.54) is 32.1 Å². The Morgan fingerprint density at radius 3 is 2.41 bits per heavy atom. The molecule has 17 heavy (non-hydrogen) atoms. The van der Waals surface area contributed by atoms with E-state index in [0.717, 1.165) is 18.8 Å². The molecule has 100 valence electrons. The lowest BCUT2D eigenvalue weighted by Crippen LogP contribution is -2.42. The van der Waals surface area contributed by atoms with Gasteiger partial charge in [0.05, 0.1) is 11.5 Å². The van der Waals surface area contributed by atoms with E-state index in [2.05, 4.69) is 5.43 Å². The molecule has 0 aromatic rings. The van der Waals surface area contributed by atoms with Crippen LogP contribution in [0.2, 0.25) is 0 Å². The molecule has 4 nitrogen and oxygen atoms in total. The largest absolute Gasteiger partial charge is 0.271 e. The summed E-state index contributed by atoms with van der Waals surface area (Å²) in [6.07, 6.45) is 8.42. The van der Waals surface area contributed by atoms with E-state index in [1.54, 1.807) is 0 Å². The summed E-state index contributed by atoms with van der Waals surface area (Å²) in [5.41, 5.74) is 2.86. The number of nitrogens with two attached hydrogens (primary N) is 1. The standard InChI is InChI=1S/C12H24N2O2S/c13-14-12(8-10-4-2-1-3-5-10)11-6-7-17(15,16)9-11/h10-12,14H,1-9,13H2. The third kappa shape index (κ3) is 3.66. The first kappa shape index (κ1) is 13.3. The van der Waals surface area contributed by atoms with Crippen LogP contribution in [0.3, 0.4) is 0 Å². The summed E-state index contributed by atoms with van der Waals surface area (Å²) in [6, 6.07) is 0.190. The highest BCUT2D eigenvalue weighted by molar-refractivity contribution is 7.91. The van der Waals surface area contributed by atoms with Gasteiger partial charge in [0.15, 0.2) is 9.84 Å². The molecule has 0 radical (unpaired) electrons. The Bertz CT molecular complexity index is 336. The van der Waals surface area contributed by atoms with Gasteiger partial charge in [0.25, 0.3) is 0 Å². The van der Waals surface area contributed by atoms with E-state index in [4.69, 9.17) is 5.84 Å². The fourth-order valence-corrected chi connectivity index (χ4v) is 5.20. The van der Waals surface area contributed by atoms with Crippen LogP contribution in [0.15, 0.2) is 0 Å². The van der Waals surface area contributed by atoms with Crippen molar-refractivity contribution in [3.05, 3.63) is 0 Å². The molecule has 0 spiro atoms.